The molecule has 2 amide bonds. The number of aliphatic carboxylic acids is 1. The van der Waals surface area contributed by atoms with Gasteiger partial charge in [0.25, 0.3) is 0 Å². The number of amides is 2. The van der Waals surface area contributed by atoms with E-state index in [1.54, 1.807) is 19.2 Å². The maximum Gasteiger partial charge on any atom is 0.327 e. The van der Waals surface area contributed by atoms with Crippen LogP contribution in [-0.4, -0.2) is 52.4 Å². The van der Waals surface area contributed by atoms with Crippen molar-refractivity contribution in [3.05, 3.63) is 24.2 Å². The van der Waals surface area contributed by atoms with Crippen LogP contribution >= 0.6 is 11.8 Å². The summed E-state index contributed by atoms with van der Waals surface area (Å²) in [7, 11) is 1.65. The Morgan fingerprint density at radius 1 is 1.48 bits per heavy atom. The van der Waals surface area contributed by atoms with E-state index in [2.05, 4.69) is 5.32 Å². The minimum absolute atomic E-state index is 0.134. The first-order valence-electron chi connectivity index (χ1n) is 6.24. The molecular formula is C13H18N2O5S. The van der Waals surface area contributed by atoms with Crippen molar-refractivity contribution in [1.29, 1.82) is 0 Å². The lowest BCUT2D eigenvalue weighted by Gasteiger charge is -2.17. The molecule has 0 unspecified atom stereocenters. The average Bonchev–Trinajstić information content (AvgIpc) is 2.89. The third kappa shape index (κ3) is 6.35. The van der Waals surface area contributed by atoms with E-state index in [-0.39, 0.29) is 17.4 Å². The molecule has 0 aliphatic carbocycles. The van der Waals surface area contributed by atoms with Crippen LogP contribution in [0.15, 0.2) is 22.8 Å². The van der Waals surface area contributed by atoms with Crippen LogP contribution in [0.4, 0.5) is 0 Å². The highest BCUT2D eigenvalue weighted by Gasteiger charge is 2.19. The quantitative estimate of drug-likeness (QED) is 0.727. The van der Waals surface area contributed by atoms with Crippen molar-refractivity contribution in [3.8, 4) is 0 Å². The minimum atomic E-state index is -1.12. The highest BCUT2D eigenvalue weighted by Crippen LogP contribution is 2.08. The Kier molecular flexibility index (Phi) is 6.80. The number of hydrogen-bond acceptors (Lipinski definition) is 5. The fraction of sp³-hybridized carbons (Fsp3) is 0.462. The van der Waals surface area contributed by atoms with Crippen molar-refractivity contribution in [2.24, 2.45) is 0 Å². The molecule has 0 spiro atoms. The van der Waals surface area contributed by atoms with Gasteiger partial charge in [-0.1, -0.05) is 0 Å². The molecular weight excluding hydrogens is 296 g/mol. The van der Waals surface area contributed by atoms with E-state index in [9.17, 15) is 14.4 Å². The van der Waals surface area contributed by atoms with Crippen molar-refractivity contribution in [3.63, 3.8) is 0 Å². The Morgan fingerprint density at radius 2 is 2.19 bits per heavy atom. The molecule has 1 heterocycles. The SMILES string of the molecule is CC(=O)N[C@@H](CSCC(=O)N(C)Cc1ccco1)C(=O)O. The molecule has 0 radical (unpaired) electrons. The summed E-state index contributed by atoms with van der Waals surface area (Å²) >= 11 is 1.16. The number of nitrogens with one attached hydrogen (secondary N) is 1. The summed E-state index contributed by atoms with van der Waals surface area (Å²) in [6.45, 7) is 1.61. The van der Waals surface area contributed by atoms with E-state index in [1.165, 1.54) is 18.1 Å². The van der Waals surface area contributed by atoms with Gasteiger partial charge in [-0.25, -0.2) is 4.79 Å². The second-order valence-corrected chi connectivity index (χ2v) is 5.47. The minimum Gasteiger partial charge on any atom is -0.480 e. The van der Waals surface area contributed by atoms with Gasteiger partial charge in [0.15, 0.2) is 0 Å². The van der Waals surface area contributed by atoms with Crippen molar-refractivity contribution in [2.75, 3.05) is 18.6 Å². The molecule has 0 aromatic carbocycles. The van der Waals surface area contributed by atoms with Gasteiger partial charge in [-0.05, 0) is 12.1 Å². The second kappa shape index (κ2) is 8.35. The first kappa shape index (κ1) is 17.1. The Labute approximate surface area is 126 Å². The molecule has 21 heavy (non-hydrogen) atoms. The zero-order valence-corrected chi connectivity index (χ0v) is 12.7. The molecule has 0 aliphatic rings. The zero-order chi connectivity index (χ0) is 15.8. The molecule has 0 saturated heterocycles. The monoisotopic (exact) mass is 314 g/mol. The van der Waals surface area contributed by atoms with E-state index < -0.39 is 17.9 Å². The largest absolute Gasteiger partial charge is 0.480 e. The number of nitrogens with zero attached hydrogens (tertiary/aromatic N) is 1. The molecule has 0 aliphatic heterocycles. The number of hydrogen-bond donors (Lipinski definition) is 2. The van der Waals surface area contributed by atoms with E-state index in [4.69, 9.17) is 9.52 Å². The zero-order valence-electron chi connectivity index (χ0n) is 11.9. The standard InChI is InChI=1S/C13H18N2O5S/c1-9(16)14-11(13(18)19)7-21-8-12(17)15(2)6-10-4-3-5-20-10/h3-5,11H,6-8H2,1-2H3,(H,14,16)(H,18,19)/t11-/m0/s1. The number of furan rings is 1. The number of carboxylic acids is 1. The molecule has 1 aromatic heterocycles. The van der Waals surface area contributed by atoms with E-state index in [0.717, 1.165) is 11.8 Å². The third-order valence-corrected chi connectivity index (χ3v) is 3.60. The summed E-state index contributed by atoms with van der Waals surface area (Å²) in [5.74, 6) is -0.713. The van der Waals surface area contributed by atoms with Crippen LogP contribution in [0.25, 0.3) is 0 Å². The number of carbonyl (C=O) groups is 3. The van der Waals surface area contributed by atoms with Crippen LogP contribution in [0, 0.1) is 0 Å². The summed E-state index contributed by atoms with van der Waals surface area (Å²) < 4.78 is 5.15. The summed E-state index contributed by atoms with van der Waals surface area (Å²) in [6, 6.07) is 2.53. The lowest BCUT2D eigenvalue weighted by Crippen LogP contribution is -2.41. The average molecular weight is 314 g/mol. The fourth-order valence-electron chi connectivity index (χ4n) is 1.52. The molecule has 0 bridgehead atoms. The summed E-state index contributed by atoms with van der Waals surface area (Å²) in [5, 5.41) is 11.3. The van der Waals surface area contributed by atoms with Gasteiger partial charge in [0.1, 0.15) is 11.8 Å². The summed E-state index contributed by atoms with van der Waals surface area (Å²) in [6.07, 6.45) is 1.54. The highest BCUT2D eigenvalue weighted by atomic mass is 32.2. The van der Waals surface area contributed by atoms with Gasteiger partial charge in [0.2, 0.25) is 11.8 Å². The maximum absolute atomic E-state index is 11.9. The lowest BCUT2D eigenvalue weighted by atomic mass is 10.3. The van der Waals surface area contributed by atoms with Gasteiger partial charge < -0.3 is 19.7 Å². The van der Waals surface area contributed by atoms with Crippen molar-refractivity contribution >= 4 is 29.5 Å². The Morgan fingerprint density at radius 3 is 2.71 bits per heavy atom. The summed E-state index contributed by atoms with van der Waals surface area (Å²) in [5.41, 5.74) is 0. The fourth-order valence-corrected chi connectivity index (χ4v) is 2.49. The maximum atomic E-state index is 11.9. The van der Waals surface area contributed by atoms with Gasteiger partial charge in [-0.3, -0.25) is 9.59 Å². The van der Waals surface area contributed by atoms with Crippen molar-refractivity contribution in [2.45, 2.75) is 19.5 Å². The molecule has 1 atom stereocenters. The smallest absolute Gasteiger partial charge is 0.327 e. The predicted octanol–water partition coefficient (Wildman–Crippen LogP) is 0.560. The molecule has 1 aromatic rings. The Hall–Kier alpha value is -1.96. The predicted molar refractivity (Wildman–Crippen MR) is 77.7 cm³/mol. The first-order valence-corrected chi connectivity index (χ1v) is 7.39. The van der Waals surface area contributed by atoms with E-state index in [1.807, 2.05) is 0 Å². The first-order chi connectivity index (χ1) is 9.90. The second-order valence-electron chi connectivity index (χ2n) is 4.44. The van der Waals surface area contributed by atoms with Crippen LogP contribution in [0.5, 0.6) is 0 Å². The Bertz CT molecular complexity index is 489. The van der Waals surface area contributed by atoms with Crippen LogP contribution in [-0.2, 0) is 20.9 Å². The third-order valence-electron chi connectivity index (χ3n) is 2.58. The molecule has 7 nitrogen and oxygen atoms in total. The number of carbonyl (C=O) groups excluding carboxylic acids is 2. The van der Waals surface area contributed by atoms with Crippen molar-refractivity contribution in [1.82, 2.24) is 10.2 Å². The number of thioether (sulfide) groups is 1. The van der Waals surface area contributed by atoms with Crippen LogP contribution in [0.2, 0.25) is 0 Å². The van der Waals surface area contributed by atoms with Crippen LogP contribution in [0.3, 0.4) is 0 Å². The number of rotatable bonds is 8. The number of carboxylic acid groups (broad SMARTS) is 1. The molecule has 0 fully saturated rings. The van der Waals surface area contributed by atoms with Gasteiger partial charge in [0, 0.05) is 19.7 Å². The summed E-state index contributed by atoms with van der Waals surface area (Å²) in [4.78, 5) is 35.2. The topological polar surface area (TPSA) is 99.9 Å². The highest BCUT2D eigenvalue weighted by molar-refractivity contribution is 8.00. The lowest BCUT2D eigenvalue weighted by molar-refractivity contribution is -0.140. The van der Waals surface area contributed by atoms with E-state index >= 15 is 0 Å². The van der Waals surface area contributed by atoms with Crippen LogP contribution in [0.1, 0.15) is 12.7 Å². The molecule has 116 valence electrons. The molecule has 2 N–H and O–H groups in total. The molecule has 8 heteroatoms. The van der Waals surface area contributed by atoms with Gasteiger partial charge in [0.05, 0.1) is 18.6 Å². The van der Waals surface area contributed by atoms with Gasteiger partial charge >= 0.3 is 5.97 Å². The van der Waals surface area contributed by atoms with Crippen molar-refractivity contribution < 1.29 is 23.9 Å². The molecule has 1 rings (SSSR count). The Balaban J connectivity index is 2.34. The van der Waals surface area contributed by atoms with Crippen LogP contribution < -0.4 is 5.32 Å². The van der Waals surface area contributed by atoms with Gasteiger partial charge in [-0.2, -0.15) is 0 Å². The normalized spacial score (nSPS) is 11.7. The van der Waals surface area contributed by atoms with E-state index in [0.29, 0.717) is 12.3 Å². The van der Waals surface area contributed by atoms with Gasteiger partial charge in [-0.15, -0.1) is 11.8 Å². The molecule has 0 saturated carbocycles.